The van der Waals surface area contributed by atoms with Crippen molar-refractivity contribution >= 4 is 5.69 Å². The first-order valence-corrected chi connectivity index (χ1v) is 3.87. The fourth-order valence-electron chi connectivity index (χ4n) is 1.06. The number of hydrogen-bond acceptors (Lipinski definition) is 4. The second-order valence-electron chi connectivity index (χ2n) is 2.79. The molecular weight excluding hydrogens is 187 g/mol. The van der Waals surface area contributed by atoms with Crippen molar-refractivity contribution in [2.45, 2.75) is 12.2 Å². The van der Waals surface area contributed by atoms with Crippen LogP contribution in [0.5, 0.6) is 0 Å². The third-order valence-corrected chi connectivity index (χ3v) is 1.80. The van der Waals surface area contributed by atoms with E-state index in [0.29, 0.717) is 0 Å². The molecule has 1 rings (SSSR count). The van der Waals surface area contributed by atoms with Crippen molar-refractivity contribution < 1.29 is 14.6 Å². The number of benzene rings is 1. The molecule has 0 saturated heterocycles. The number of halogens is 1. The first-order chi connectivity index (χ1) is 6.56. The Morgan fingerprint density at radius 2 is 2.07 bits per heavy atom. The van der Waals surface area contributed by atoms with Crippen molar-refractivity contribution in [2.75, 3.05) is 5.73 Å². The summed E-state index contributed by atoms with van der Waals surface area (Å²) in [6.07, 6.45) is -2.98. The zero-order valence-corrected chi connectivity index (χ0v) is 7.18. The second kappa shape index (κ2) is 4.05. The first-order valence-electron chi connectivity index (χ1n) is 3.87. The number of hydrogen-bond donors (Lipinski definition) is 3. The molecule has 4 N–H and O–H groups in total. The molecule has 0 aromatic heterocycles. The fourth-order valence-corrected chi connectivity index (χ4v) is 1.06. The summed E-state index contributed by atoms with van der Waals surface area (Å²) in [5.41, 5.74) is 5.54. The van der Waals surface area contributed by atoms with Crippen LogP contribution in [0.25, 0.3) is 0 Å². The van der Waals surface area contributed by atoms with E-state index in [-0.39, 0.29) is 11.3 Å². The van der Waals surface area contributed by atoms with Crippen molar-refractivity contribution in [2.24, 2.45) is 0 Å². The number of aliphatic hydroxyl groups excluding tert-OH is 2. The summed E-state index contributed by atoms with van der Waals surface area (Å²) in [5.74, 6) is -0.537. The maximum Gasteiger partial charge on any atom is 0.170 e. The molecule has 14 heavy (non-hydrogen) atoms. The highest BCUT2D eigenvalue weighted by Gasteiger charge is 2.19. The Morgan fingerprint density at radius 1 is 1.43 bits per heavy atom. The number of nitrogens with zero attached hydrogens (tertiary/aromatic N) is 1. The van der Waals surface area contributed by atoms with Crippen LogP contribution in [0.4, 0.5) is 10.1 Å². The van der Waals surface area contributed by atoms with Gasteiger partial charge in [-0.05, 0) is 12.1 Å². The number of rotatable bonds is 2. The van der Waals surface area contributed by atoms with Crippen molar-refractivity contribution in [1.29, 1.82) is 5.26 Å². The van der Waals surface area contributed by atoms with Crippen LogP contribution in [0.2, 0.25) is 0 Å². The normalized spacial score (nSPS) is 14.4. The number of nitrogens with two attached hydrogens (primary N) is 1. The maximum absolute atomic E-state index is 12.6. The van der Waals surface area contributed by atoms with Gasteiger partial charge in [-0.2, -0.15) is 5.26 Å². The molecule has 0 aliphatic rings. The summed E-state index contributed by atoms with van der Waals surface area (Å²) in [6.45, 7) is 0. The average molecular weight is 196 g/mol. The molecule has 5 heteroatoms. The van der Waals surface area contributed by atoms with Gasteiger partial charge in [-0.3, -0.25) is 0 Å². The van der Waals surface area contributed by atoms with Crippen LogP contribution in [0, 0.1) is 17.1 Å². The lowest BCUT2D eigenvalue weighted by molar-refractivity contribution is 0.0532. The molecule has 0 radical (unpaired) electrons. The number of aliphatic hydroxyl groups is 2. The zero-order valence-electron chi connectivity index (χ0n) is 7.18. The molecule has 0 fully saturated rings. The van der Waals surface area contributed by atoms with Crippen molar-refractivity contribution in [3.8, 4) is 6.07 Å². The van der Waals surface area contributed by atoms with E-state index in [9.17, 15) is 9.50 Å². The van der Waals surface area contributed by atoms with Crippen LogP contribution in [0.3, 0.4) is 0 Å². The van der Waals surface area contributed by atoms with E-state index in [1.807, 2.05) is 0 Å². The molecule has 74 valence electrons. The molecule has 0 amide bonds. The molecule has 2 atom stereocenters. The molecule has 1 aromatic carbocycles. The van der Waals surface area contributed by atoms with Crippen LogP contribution >= 0.6 is 0 Å². The van der Waals surface area contributed by atoms with Gasteiger partial charge in [0.25, 0.3) is 0 Å². The lowest BCUT2D eigenvalue weighted by atomic mass is 10.0. The highest BCUT2D eigenvalue weighted by Crippen LogP contribution is 2.23. The highest BCUT2D eigenvalue weighted by atomic mass is 19.1. The second-order valence-corrected chi connectivity index (χ2v) is 2.79. The van der Waals surface area contributed by atoms with Crippen LogP contribution in [0.15, 0.2) is 18.2 Å². The maximum atomic E-state index is 12.6. The zero-order chi connectivity index (χ0) is 10.7. The van der Waals surface area contributed by atoms with Crippen LogP contribution in [-0.2, 0) is 0 Å². The minimum absolute atomic E-state index is 0.00630. The Morgan fingerprint density at radius 3 is 2.57 bits per heavy atom. The molecule has 4 nitrogen and oxygen atoms in total. The van der Waals surface area contributed by atoms with E-state index in [1.54, 1.807) is 0 Å². The van der Waals surface area contributed by atoms with Gasteiger partial charge in [-0.25, -0.2) is 4.39 Å². The van der Waals surface area contributed by atoms with E-state index < -0.39 is 18.0 Å². The molecule has 0 heterocycles. The monoisotopic (exact) mass is 196 g/mol. The SMILES string of the molecule is N#CC(O)C(O)c1ccc(F)cc1N. The first kappa shape index (κ1) is 10.4. The van der Waals surface area contributed by atoms with E-state index in [2.05, 4.69) is 0 Å². The molecule has 0 aliphatic heterocycles. The van der Waals surface area contributed by atoms with E-state index in [1.165, 1.54) is 12.1 Å². The van der Waals surface area contributed by atoms with Crippen molar-refractivity contribution in [3.63, 3.8) is 0 Å². The van der Waals surface area contributed by atoms with E-state index in [4.69, 9.17) is 16.1 Å². The Balaban J connectivity index is 3.03. The van der Waals surface area contributed by atoms with Gasteiger partial charge in [0.15, 0.2) is 6.10 Å². The molecule has 0 bridgehead atoms. The summed E-state index contributed by atoms with van der Waals surface area (Å²) in [5, 5.41) is 26.7. The standard InChI is InChI=1S/C9H9FN2O2/c10-5-1-2-6(7(12)3-5)9(14)8(13)4-11/h1-3,8-9,13-14H,12H2. The summed E-state index contributed by atoms with van der Waals surface area (Å²) in [4.78, 5) is 0. The van der Waals surface area contributed by atoms with Crippen LogP contribution in [-0.4, -0.2) is 16.3 Å². The van der Waals surface area contributed by atoms with Gasteiger partial charge >= 0.3 is 0 Å². The van der Waals surface area contributed by atoms with E-state index >= 15 is 0 Å². The number of nitrogen functional groups attached to an aromatic ring is 1. The third-order valence-electron chi connectivity index (χ3n) is 1.80. The Kier molecular flexibility index (Phi) is 3.02. The summed E-state index contributed by atoms with van der Waals surface area (Å²) < 4.78 is 12.6. The highest BCUT2D eigenvalue weighted by molar-refractivity contribution is 5.48. The van der Waals surface area contributed by atoms with Gasteiger partial charge in [0.05, 0.1) is 6.07 Å². The predicted molar refractivity (Wildman–Crippen MR) is 47.4 cm³/mol. The fraction of sp³-hybridized carbons (Fsp3) is 0.222. The van der Waals surface area contributed by atoms with Crippen molar-refractivity contribution in [1.82, 2.24) is 0 Å². The topological polar surface area (TPSA) is 90.3 Å². The molecular formula is C9H9FN2O2. The number of nitriles is 1. The van der Waals surface area contributed by atoms with Crippen LogP contribution < -0.4 is 5.73 Å². The van der Waals surface area contributed by atoms with Crippen LogP contribution in [0.1, 0.15) is 11.7 Å². The van der Waals surface area contributed by atoms with Crippen molar-refractivity contribution in [3.05, 3.63) is 29.6 Å². The third kappa shape index (κ3) is 1.99. The quantitative estimate of drug-likeness (QED) is 0.469. The summed E-state index contributed by atoms with van der Waals surface area (Å²) in [6, 6.07) is 4.81. The molecule has 0 aliphatic carbocycles. The molecule has 1 aromatic rings. The Hall–Kier alpha value is -1.64. The van der Waals surface area contributed by atoms with Gasteiger partial charge in [0.2, 0.25) is 0 Å². The summed E-state index contributed by atoms with van der Waals surface area (Å²) >= 11 is 0. The van der Waals surface area contributed by atoms with Gasteiger partial charge < -0.3 is 15.9 Å². The Labute approximate surface area is 80.0 Å². The van der Waals surface area contributed by atoms with Gasteiger partial charge in [-0.1, -0.05) is 6.07 Å². The minimum atomic E-state index is -1.57. The molecule has 0 spiro atoms. The average Bonchev–Trinajstić information content (AvgIpc) is 2.15. The summed E-state index contributed by atoms with van der Waals surface area (Å²) in [7, 11) is 0. The molecule has 0 saturated carbocycles. The van der Waals surface area contributed by atoms with E-state index in [0.717, 1.165) is 12.1 Å². The lowest BCUT2D eigenvalue weighted by Gasteiger charge is -2.13. The minimum Gasteiger partial charge on any atom is -0.398 e. The number of anilines is 1. The predicted octanol–water partition coefficient (Wildman–Crippen LogP) is 0.326. The van der Waals surface area contributed by atoms with Gasteiger partial charge in [-0.15, -0.1) is 0 Å². The molecule has 2 unspecified atom stereocenters. The van der Waals surface area contributed by atoms with Gasteiger partial charge in [0, 0.05) is 11.3 Å². The lowest BCUT2D eigenvalue weighted by Crippen LogP contribution is -2.17. The van der Waals surface area contributed by atoms with Gasteiger partial charge in [0.1, 0.15) is 11.9 Å². The smallest absolute Gasteiger partial charge is 0.170 e. The largest absolute Gasteiger partial charge is 0.398 e. The Bertz CT molecular complexity index is 376.